The van der Waals surface area contributed by atoms with Crippen molar-refractivity contribution in [2.75, 3.05) is 0 Å². The van der Waals surface area contributed by atoms with Crippen LogP contribution in [0.1, 0.15) is 5.56 Å². The standard InChI is InChI=1S/C14H9Br3N2.C7H5Cl3/c15-14(16,17)19-8-7-13(18-19)12-6-5-10-3-1-2-4-11(10)9-12;8-7(9,10)6-4-2-1-3-5-6/h1-9H;1-5H. The second-order valence-electron chi connectivity index (χ2n) is 6.04. The number of fused-ring (bicyclic) bond motifs is 1. The van der Waals surface area contributed by atoms with Gasteiger partial charge in [0, 0.05) is 17.3 Å². The Morgan fingerprint density at radius 2 is 1.34 bits per heavy atom. The zero-order valence-electron chi connectivity index (χ0n) is 14.7. The van der Waals surface area contributed by atoms with Gasteiger partial charge in [0.15, 0.2) is 0 Å². The molecule has 4 rings (SSSR count). The number of hydrogen-bond donors (Lipinski definition) is 0. The van der Waals surface area contributed by atoms with E-state index in [0.717, 1.165) is 11.3 Å². The summed E-state index contributed by atoms with van der Waals surface area (Å²) in [6.45, 7) is 0. The van der Waals surface area contributed by atoms with Crippen LogP contribution in [-0.4, -0.2) is 9.78 Å². The summed E-state index contributed by atoms with van der Waals surface area (Å²) in [6, 6.07) is 25.7. The number of halogens is 6. The molecular formula is C21H14Br3Cl3N2. The van der Waals surface area contributed by atoms with Gasteiger partial charge in [-0.2, -0.15) is 5.10 Å². The molecule has 0 unspecified atom stereocenters. The molecule has 2 nitrogen and oxygen atoms in total. The van der Waals surface area contributed by atoms with Crippen LogP contribution in [0.3, 0.4) is 0 Å². The molecule has 0 radical (unpaired) electrons. The van der Waals surface area contributed by atoms with E-state index in [9.17, 15) is 0 Å². The van der Waals surface area contributed by atoms with E-state index in [0.29, 0.717) is 5.56 Å². The molecule has 150 valence electrons. The molecule has 1 heterocycles. The largest absolute Gasteiger partial charge is 0.234 e. The summed E-state index contributed by atoms with van der Waals surface area (Å²) in [4.78, 5) is 0. The van der Waals surface area contributed by atoms with Crippen molar-refractivity contribution in [3.8, 4) is 11.3 Å². The average Bonchev–Trinajstić information content (AvgIpc) is 3.19. The predicted octanol–water partition coefficient (Wildman–Crippen LogP) is 8.97. The number of nitrogens with zero attached hydrogens (tertiary/aromatic N) is 2. The molecule has 0 aliphatic heterocycles. The highest BCUT2D eigenvalue weighted by atomic mass is 80.0. The van der Waals surface area contributed by atoms with Crippen LogP contribution < -0.4 is 0 Å². The van der Waals surface area contributed by atoms with E-state index < -0.39 is 6.06 Å². The van der Waals surface area contributed by atoms with E-state index in [4.69, 9.17) is 34.8 Å². The number of rotatable bonds is 1. The summed E-state index contributed by atoms with van der Waals surface area (Å²) < 4.78 is -0.0686. The van der Waals surface area contributed by atoms with E-state index >= 15 is 0 Å². The fraction of sp³-hybridized carbons (Fsp3) is 0.0952. The maximum atomic E-state index is 5.59. The van der Waals surface area contributed by atoms with Crippen LogP contribution in [-0.2, 0) is 6.06 Å². The Hall–Kier alpha value is -0.560. The lowest BCUT2D eigenvalue weighted by Gasteiger charge is -2.11. The number of alkyl halides is 6. The van der Waals surface area contributed by atoms with Gasteiger partial charge in [-0.15, -0.1) is 0 Å². The van der Waals surface area contributed by atoms with Crippen LogP contribution in [0, 0.1) is 0 Å². The van der Waals surface area contributed by atoms with E-state index in [1.807, 2.05) is 42.6 Å². The Morgan fingerprint density at radius 3 is 1.90 bits per heavy atom. The van der Waals surface area contributed by atoms with Crippen LogP contribution in [0.2, 0.25) is 0 Å². The molecule has 0 N–H and O–H groups in total. The van der Waals surface area contributed by atoms with Gasteiger partial charge >= 0.3 is 0 Å². The molecule has 4 aromatic rings. The molecule has 1 aromatic heterocycles. The summed E-state index contributed by atoms with van der Waals surface area (Å²) in [5.74, 6) is 0. The fourth-order valence-corrected chi connectivity index (χ4v) is 3.57. The third kappa shape index (κ3) is 6.46. The van der Waals surface area contributed by atoms with Gasteiger partial charge in [0.2, 0.25) is 6.06 Å². The zero-order chi connectivity index (χ0) is 21.1. The Bertz CT molecular complexity index is 1090. The highest BCUT2D eigenvalue weighted by Gasteiger charge is 2.22. The average molecular weight is 640 g/mol. The molecule has 0 amide bonds. The molecule has 0 bridgehead atoms. The van der Waals surface area contributed by atoms with Crippen LogP contribution in [0.5, 0.6) is 0 Å². The van der Waals surface area contributed by atoms with Crippen molar-refractivity contribution in [1.29, 1.82) is 0 Å². The van der Waals surface area contributed by atoms with Gasteiger partial charge in [-0.25, -0.2) is 4.68 Å². The molecule has 0 spiro atoms. The van der Waals surface area contributed by atoms with Gasteiger partial charge in [-0.3, -0.25) is 0 Å². The maximum absolute atomic E-state index is 5.59. The van der Waals surface area contributed by atoms with Crippen molar-refractivity contribution >= 4 is 93.4 Å². The number of hydrogen-bond acceptors (Lipinski definition) is 1. The van der Waals surface area contributed by atoms with Crippen molar-refractivity contribution in [2.45, 2.75) is 6.06 Å². The van der Waals surface area contributed by atoms with Crippen LogP contribution in [0.15, 0.2) is 85.1 Å². The van der Waals surface area contributed by atoms with Gasteiger partial charge < -0.3 is 0 Å². The van der Waals surface area contributed by atoms with E-state index in [1.165, 1.54) is 10.8 Å². The molecular weight excluding hydrogens is 626 g/mol. The summed E-state index contributed by atoms with van der Waals surface area (Å²) in [7, 11) is 0. The van der Waals surface area contributed by atoms with Crippen molar-refractivity contribution in [3.63, 3.8) is 0 Å². The van der Waals surface area contributed by atoms with Gasteiger partial charge in [-0.1, -0.05) is 102 Å². The lowest BCUT2D eigenvalue weighted by atomic mass is 10.1. The summed E-state index contributed by atoms with van der Waals surface area (Å²) >= 11 is 27.1. The first-order valence-electron chi connectivity index (χ1n) is 8.39. The third-order valence-corrected chi connectivity index (χ3v) is 5.74. The van der Waals surface area contributed by atoms with E-state index in [-0.39, 0.29) is 0 Å². The number of aromatic nitrogens is 2. The zero-order valence-corrected chi connectivity index (χ0v) is 21.8. The molecule has 0 aliphatic rings. The fourth-order valence-electron chi connectivity index (χ4n) is 2.59. The van der Waals surface area contributed by atoms with Gasteiger partial charge in [0.1, 0.15) is 0 Å². The van der Waals surface area contributed by atoms with Crippen LogP contribution in [0.25, 0.3) is 22.0 Å². The van der Waals surface area contributed by atoms with E-state index in [2.05, 4.69) is 83.2 Å². The molecule has 3 aromatic carbocycles. The molecule has 0 fully saturated rings. The second kappa shape index (κ2) is 9.71. The lowest BCUT2D eigenvalue weighted by Crippen LogP contribution is -2.10. The first-order valence-corrected chi connectivity index (χ1v) is 11.9. The predicted molar refractivity (Wildman–Crippen MR) is 136 cm³/mol. The summed E-state index contributed by atoms with van der Waals surface area (Å²) in [5, 5.41) is 6.99. The van der Waals surface area contributed by atoms with Crippen molar-refractivity contribution in [3.05, 3.63) is 90.6 Å². The van der Waals surface area contributed by atoms with Gasteiger partial charge in [0.25, 0.3) is 0 Å². The molecule has 0 saturated carbocycles. The topological polar surface area (TPSA) is 17.8 Å². The molecule has 8 heteroatoms. The Morgan fingerprint density at radius 1 is 0.724 bits per heavy atom. The molecule has 0 saturated heterocycles. The second-order valence-corrected chi connectivity index (χ2v) is 15.0. The molecule has 29 heavy (non-hydrogen) atoms. The van der Waals surface area contributed by atoms with Crippen molar-refractivity contribution in [1.82, 2.24) is 9.78 Å². The highest BCUT2D eigenvalue weighted by molar-refractivity contribution is 9.38. The Labute approximate surface area is 209 Å². The minimum atomic E-state index is -1.29. The quantitative estimate of drug-likeness (QED) is 0.190. The minimum Gasteiger partial charge on any atom is -0.234 e. The normalized spacial score (nSPS) is 11.8. The Kier molecular flexibility index (Phi) is 7.74. The first kappa shape index (κ1) is 23.1. The van der Waals surface area contributed by atoms with Crippen molar-refractivity contribution < 1.29 is 0 Å². The van der Waals surface area contributed by atoms with Gasteiger partial charge in [-0.05, 0) is 70.7 Å². The number of benzene rings is 3. The SMILES string of the molecule is BrC(Br)(Br)n1ccc(-c2ccc3ccccc3c2)n1.ClC(Cl)(Cl)c1ccccc1. The van der Waals surface area contributed by atoms with Gasteiger partial charge in [0.05, 0.1) is 5.69 Å². The lowest BCUT2D eigenvalue weighted by molar-refractivity contribution is 0.729. The Balaban J connectivity index is 0.000000204. The smallest absolute Gasteiger partial charge is 0.225 e. The summed E-state index contributed by atoms with van der Waals surface area (Å²) in [5.41, 5.74) is 2.74. The van der Waals surface area contributed by atoms with E-state index in [1.54, 1.807) is 16.8 Å². The maximum Gasteiger partial charge on any atom is 0.225 e. The summed E-state index contributed by atoms with van der Waals surface area (Å²) in [6.07, 6.45) is 1.91. The van der Waals surface area contributed by atoms with Crippen LogP contribution >= 0.6 is 82.6 Å². The monoisotopic (exact) mass is 636 g/mol. The van der Waals surface area contributed by atoms with Crippen molar-refractivity contribution in [2.24, 2.45) is 0 Å². The molecule has 0 aliphatic carbocycles. The minimum absolute atomic E-state index is 0.540. The third-order valence-electron chi connectivity index (χ3n) is 4.00. The molecule has 0 atom stereocenters. The highest BCUT2D eigenvalue weighted by Crippen LogP contribution is 2.39. The van der Waals surface area contributed by atoms with Crippen LogP contribution in [0.4, 0.5) is 0 Å². The first-order chi connectivity index (χ1) is 13.6.